The number of ketones is 1. The summed E-state index contributed by atoms with van der Waals surface area (Å²) in [4.78, 5) is 17.4. The van der Waals surface area contributed by atoms with Gasteiger partial charge in [-0.3, -0.25) is 4.79 Å². The van der Waals surface area contributed by atoms with Gasteiger partial charge in [0.15, 0.2) is 5.78 Å². The van der Waals surface area contributed by atoms with E-state index in [0.29, 0.717) is 0 Å². The Labute approximate surface area is 108 Å². The number of carbonyl (C=O) groups is 1. The molecule has 3 heteroatoms. The number of benzene rings is 1. The van der Waals surface area contributed by atoms with Crippen molar-refractivity contribution in [1.29, 1.82) is 0 Å². The van der Waals surface area contributed by atoms with Crippen LogP contribution < -0.4 is 4.90 Å². The fourth-order valence-electron chi connectivity index (χ4n) is 2.07. The number of para-hydroxylation sites is 1. The molecule has 18 heavy (non-hydrogen) atoms. The number of nitrogens with zero attached hydrogens (tertiary/aromatic N) is 1. The molecule has 96 valence electrons. The van der Waals surface area contributed by atoms with Gasteiger partial charge in [-0.15, -0.1) is 0 Å². The second-order valence-corrected chi connectivity index (χ2v) is 5.68. The molecule has 0 aliphatic rings. The highest BCUT2D eigenvalue weighted by molar-refractivity contribution is 6.11. The van der Waals surface area contributed by atoms with Crippen LogP contribution in [-0.2, 0) is 0 Å². The van der Waals surface area contributed by atoms with E-state index in [9.17, 15) is 4.79 Å². The van der Waals surface area contributed by atoms with Gasteiger partial charge in [-0.2, -0.15) is 0 Å². The zero-order valence-electron chi connectivity index (χ0n) is 11.7. The number of nitrogens with one attached hydrogen (secondary N) is 1. The molecule has 2 aromatic rings. The van der Waals surface area contributed by atoms with Gasteiger partial charge in [0.1, 0.15) is 5.82 Å². The number of aromatic amines is 1. The van der Waals surface area contributed by atoms with Crippen LogP contribution >= 0.6 is 0 Å². The molecule has 3 nitrogen and oxygen atoms in total. The first-order valence-corrected chi connectivity index (χ1v) is 6.18. The molecule has 0 saturated carbocycles. The SMILES string of the molecule is CC(=O)c1c(N(C)C(C)(C)C)[nH]c2ccccc12. The number of Topliss-reactive ketones (excluding diaryl/α,β-unsaturated/α-hetero) is 1. The molecule has 0 amide bonds. The van der Waals surface area contributed by atoms with Crippen molar-refractivity contribution in [2.75, 3.05) is 11.9 Å². The summed E-state index contributed by atoms with van der Waals surface area (Å²) in [6.07, 6.45) is 0. The van der Waals surface area contributed by atoms with Gasteiger partial charge in [0.05, 0.1) is 5.56 Å². The number of anilines is 1. The summed E-state index contributed by atoms with van der Waals surface area (Å²) >= 11 is 0. The average molecular weight is 244 g/mol. The third-order valence-corrected chi connectivity index (χ3v) is 3.38. The van der Waals surface area contributed by atoms with Crippen molar-refractivity contribution in [3.8, 4) is 0 Å². The van der Waals surface area contributed by atoms with E-state index >= 15 is 0 Å². The van der Waals surface area contributed by atoms with Crippen LogP contribution in [0.3, 0.4) is 0 Å². The maximum absolute atomic E-state index is 11.9. The molecule has 0 radical (unpaired) electrons. The van der Waals surface area contributed by atoms with Crippen LogP contribution in [0.15, 0.2) is 24.3 Å². The van der Waals surface area contributed by atoms with Gasteiger partial charge in [0.25, 0.3) is 0 Å². The Morgan fingerprint density at radius 2 is 1.83 bits per heavy atom. The van der Waals surface area contributed by atoms with Crippen molar-refractivity contribution >= 4 is 22.5 Å². The molecule has 1 aromatic heterocycles. The quantitative estimate of drug-likeness (QED) is 0.819. The van der Waals surface area contributed by atoms with E-state index in [4.69, 9.17) is 0 Å². The molecule has 0 spiro atoms. The molecule has 1 N–H and O–H groups in total. The molecule has 0 aliphatic carbocycles. The lowest BCUT2D eigenvalue weighted by atomic mass is 10.0. The van der Waals surface area contributed by atoms with E-state index < -0.39 is 0 Å². The van der Waals surface area contributed by atoms with Crippen molar-refractivity contribution in [2.45, 2.75) is 33.2 Å². The summed E-state index contributed by atoms with van der Waals surface area (Å²) in [7, 11) is 2.01. The smallest absolute Gasteiger partial charge is 0.164 e. The summed E-state index contributed by atoms with van der Waals surface area (Å²) in [5.41, 5.74) is 1.75. The Morgan fingerprint density at radius 3 is 2.39 bits per heavy atom. The van der Waals surface area contributed by atoms with Gasteiger partial charge in [-0.05, 0) is 33.8 Å². The van der Waals surface area contributed by atoms with Crippen LogP contribution in [0, 0.1) is 0 Å². The Balaban J connectivity index is 2.71. The minimum Gasteiger partial charge on any atom is -0.356 e. The highest BCUT2D eigenvalue weighted by Gasteiger charge is 2.24. The highest BCUT2D eigenvalue weighted by Crippen LogP contribution is 2.31. The highest BCUT2D eigenvalue weighted by atomic mass is 16.1. The van der Waals surface area contributed by atoms with Crippen LogP contribution in [-0.4, -0.2) is 23.4 Å². The molecule has 0 bridgehead atoms. The number of fused-ring (bicyclic) bond motifs is 1. The van der Waals surface area contributed by atoms with Crippen LogP contribution in [0.4, 0.5) is 5.82 Å². The molecule has 0 unspecified atom stereocenters. The zero-order chi connectivity index (χ0) is 13.5. The van der Waals surface area contributed by atoms with Crippen LogP contribution in [0.1, 0.15) is 38.1 Å². The summed E-state index contributed by atoms with van der Waals surface area (Å²) in [6.45, 7) is 8.00. The molecule has 0 saturated heterocycles. The third-order valence-electron chi connectivity index (χ3n) is 3.38. The predicted molar refractivity (Wildman–Crippen MR) is 76.5 cm³/mol. The molecular formula is C15H20N2O. The molecule has 0 aliphatic heterocycles. The van der Waals surface area contributed by atoms with Gasteiger partial charge in [0.2, 0.25) is 0 Å². The number of carbonyl (C=O) groups excluding carboxylic acids is 1. The topological polar surface area (TPSA) is 36.1 Å². The van der Waals surface area contributed by atoms with Gasteiger partial charge in [-0.1, -0.05) is 18.2 Å². The lowest BCUT2D eigenvalue weighted by Gasteiger charge is -2.33. The molecule has 1 aromatic carbocycles. The summed E-state index contributed by atoms with van der Waals surface area (Å²) < 4.78 is 0. The van der Waals surface area contributed by atoms with E-state index in [2.05, 4.69) is 30.7 Å². The fraction of sp³-hybridized carbons (Fsp3) is 0.400. The lowest BCUT2D eigenvalue weighted by molar-refractivity contribution is 0.101. The van der Waals surface area contributed by atoms with Crippen molar-refractivity contribution < 1.29 is 4.79 Å². The summed E-state index contributed by atoms with van der Waals surface area (Å²) in [6, 6.07) is 7.93. The first kappa shape index (κ1) is 12.7. The molecule has 0 fully saturated rings. The van der Waals surface area contributed by atoms with Gasteiger partial charge in [-0.25, -0.2) is 0 Å². The maximum atomic E-state index is 11.9. The van der Waals surface area contributed by atoms with Crippen molar-refractivity contribution in [2.24, 2.45) is 0 Å². The normalized spacial score (nSPS) is 11.8. The first-order valence-electron chi connectivity index (χ1n) is 6.18. The molecule has 0 atom stereocenters. The zero-order valence-corrected chi connectivity index (χ0v) is 11.7. The summed E-state index contributed by atoms with van der Waals surface area (Å²) in [5.74, 6) is 0.995. The Hall–Kier alpha value is -1.77. The second-order valence-electron chi connectivity index (χ2n) is 5.68. The van der Waals surface area contributed by atoms with Crippen LogP contribution in [0.2, 0.25) is 0 Å². The summed E-state index contributed by atoms with van der Waals surface area (Å²) in [5, 5.41) is 0.996. The van der Waals surface area contributed by atoms with E-state index in [1.807, 2.05) is 31.3 Å². The number of aromatic nitrogens is 1. The van der Waals surface area contributed by atoms with Crippen molar-refractivity contribution in [1.82, 2.24) is 4.98 Å². The van der Waals surface area contributed by atoms with Crippen LogP contribution in [0.5, 0.6) is 0 Å². The van der Waals surface area contributed by atoms with Gasteiger partial charge < -0.3 is 9.88 Å². The van der Waals surface area contributed by atoms with Crippen molar-refractivity contribution in [3.05, 3.63) is 29.8 Å². The molecule has 1 heterocycles. The number of hydrogen-bond donors (Lipinski definition) is 1. The average Bonchev–Trinajstić information content (AvgIpc) is 2.65. The minimum atomic E-state index is -0.0366. The largest absolute Gasteiger partial charge is 0.356 e. The Bertz CT molecular complexity index is 590. The molecule has 2 rings (SSSR count). The maximum Gasteiger partial charge on any atom is 0.164 e. The minimum absolute atomic E-state index is 0.0366. The van der Waals surface area contributed by atoms with E-state index in [0.717, 1.165) is 22.3 Å². The second kappa shape index (κ2) is 4.16. The van der Waals surface area contributed by atoms with E-state index in [1.165, 1.54) is 0 Å². The Kier molecular flexibility index (Phi) is 2.93. The first-order chi connectivity index (χ1) is 8.32. The van der Waals surface area contributed by atoms with Crippen molar-refractivity contribution in [3.63, 3.8) is 0 Å². The standard InChI is InChI=1S/C15H20N2O/c1-10(18)13-11-8-6-7-9-12(11)16-14(13)17(5)15(2,3)4/h6-9,16H,1-5H3. The predicted octanol–water partition coefficient (Wildman–Crippen LogP) is 3.61. The lowest BCUT2D eigenvalue weighted by Crippen LogP contribution is -2.39. The monoisotopic (exact) mass is 244 g/mol. The number of H-pyrrole nitrogens is 1. The Morgan fingerprint density at radius 1 is 1.22 bits per heavy atom. The number of rotatable bonds is 2. The van der Waals surface area contributed by atoms with E-state index in [-0.39, 0.29) is 11.3 Å². The van der Waals surface area contributed by atoms with E-state index in [1.54, 1.807) is 6.92 Å². The molecular weight excluding hydrogens is 224 g/mol. The van der Waals surface area contributed by atoms with Crippen LogP contribution in [0.25, 0.3) is 10.9 Å². The fourth-order valence-corrected chi connectivity index (χ4v) is 2.07. The number of hydrogen-bond acceptors (Lipinski definition) is 2. The van der Waals surface area contributed by atoms with Gasteiger partial charge in [0, 0.05) is 23.5 Å². The van der Waals surface area contributed by atoms with Gasteiger partial charge >= 0.3 is 0 Å². The third kappa shape index (κ3) is 2.01.